The van der Waals surface area contributed by atoms with Crippen LogP contribution in [0.2, 0.25) is 0 Å². The van der Waals surface area contributed by atoms with Crippen LogP contribution in [0.25, 0.3) is 0 Å². The zero-order chi connectivity index (χ0) is 12.3. The molecule has 2 rings (SSSR count). The maximum atomic E-state index is 12.0. The van der Waals surface area contributed by atoms with Crippen molar-refractivity contribution < 1.29 is 9.90 Å². The molecule has 0 unspecified atom stereocenters. The Kier molecular flexibility index (Phi) is 3.73. The smallest absolute Gasteiger partial charge is 0.293 e. The van der Waals surface area contributed by atoms with Gasteiger partial charge in [-0.25, -0.2) is 4.98 Å². The Morgan fingerprint density at radius 3 is 2.88 bits per heavy atom. The summed E-state index contributed by atoms with van der Waals surface area (Å²) in [4.78, 5) is 17.9. The number of aliphatic hydroxyl groups excluding tert-OH is 1. The van der Waals surface area contributed by atoms with Crippen molar-refractivity contribution in [2.45, 2.75) is 38.7 Å². The Morgan fingerprint density at radius 1 is 1.53 bits per heavy atom. The van der Waals surface area contributed by atoms with Gasteiger partial charge in [0.2, 0.25) is 5.82 Å². The zero-order valence-electron chi connectivity index (χ0n) is 10.0. The van der Waals surface area contributed by atoms with Crippen LogP contribution in [-0.2, 0) is 6.42 Å². The summed E-state index contributed by atoms with van der Waals surface area (Å²) < 4.78 is 0. The first-order valence-electron chi connectivity index (χ1n) is 6.09. The number of carbonyl (C=O) groups excluding carboxylic acids is 1. The molecule has 0 aromatic carbocycles. The highest BCUT2D eigenvalue weighted by Crippen LogP contribution is 2.12. The van der Waals surface area contributed by atoms with Crippen molar-refractivity contribution in [3.63, 3.8) is 0 Å². The molecule has 2 N–H and O–H groups in total. The number of H-pyrrole nitrogens is 1. The van der Waals surface area contributed by atoms with E-state index in [1.807, 2.05) is 0 Å². The van der Waals surface area contributed by atoms with E-state index in [-0.39, 0.29) is 17.8 Å². The first-order chi connectivity index (χ1) is 8.20. The van der Waals surface area contributed by atoms with Gasteiger partial charge in [-0.2, -0.15) is 0 Å². The van der Waals surface area contributed by atoms with Gasteiger partial charge >= 0.3 is 0 Å². The number of likely N-dealkylation sites (tertiary alicyclic amines) is 1. The number of aromatic nitrogens is 3. The van der Waals surface area contributed by atoms with Crippen molar-refractivity contribution in [3.05, 3.63) is 11.6 Å². The molecule has 1 fully saturated rings. The average Bonchev–Trinajstić information content (AvgIpc) is 2.78. The summed E-state index contributed by atoms with van der Waals surface area (Å²) in [6.07, 6.45) is 2.77. The molecule has 1 aliphatic heterocycles. The van der Waals surface area contributed by atoms with E-state index >= 15 is 0 Å². The third kappa shape index (κ3) is 2.82. The molecule has 0 radical (unpaired) electrons. The summed E-state index contributed by atoms with van der Waals surface area (Å²) in [5.74, 6) is 0.855. The number of piperidine rings is 1. The normalized spacial score (nSPS) is 17.4. The van der Waals surface area contributed by atoms with Gasteiger partial charge in [0.15, 0.2) is 0 Å². The quantitative estimate of drug-likeness (QED) is 0.796. The second-order valence-electron chi connectivity index (χ2n) is 4.38. The highest BCUT2D eigenvalue weighted by Gasteiger charge is 2.24. The Morgan fingerprint density at radius 2 is 2.24 bits per heavy atom. The predicted molar refractivity (Wildman–Crippen MR) is 61.5 cm³/mol. The lowest BCUT2D eigenvalue weighted by Crippen LogP contribution is -2.40. The number of rotatable bonds is 3. The zero-order valence-corrected chi connectivity index (χ0v) is 10.0. The number of aryl methyl sites for hydroxylation is 1. The van der Waals surface area contributed by atoms with Gasteiger partial charge in [-0.1, -0.05) is 6.92 Å². The van der Waals surface area contributed by atoms with Crippen molar-refractivity contribution in [3.8, 4) is 0 Å². The van der Waals surface area contributed by atoms with Gasteiger partial charge in [0.1, 0.15) is 5.82 Å². The van der Waals surface area contributed by atoms with Gasteiger partial charge in [-0.15, -0.1) is 5.10 Å². The Labute approximate surface area is 100 Å². The fraction of sp³-hybridized carbons (Fsp3) is 0.727. The van der Waals surface area contributed by atoms with E-state index in [2.05, 4.69) is 22.1 Å². The summed E-state index contributed by atoms with van der Waals surface area (Å²) >= 11 is 0. The molecule has 0 aliphatic carbocycles. The number of hydrogen-bond acceptors (Lipinski definition) is 4. The standard InChI is InChI=1S/C11H18N4O2/c1-2-3-9-12-10(14-13-9)11(17)15-6-4-8(16)5-7-15/h8,16H,2-7H2,1H3,(H,12,13,14). The fourth-order valence-corrected chi connectivity index (χ4v) is 1.95. The van der Waals surface area contributed by atoms with Crippen LogP contribution in [0.1, 0.15) is 42.6 Å². The van der Waals surface area contributed by atoms with Crippen LogP contribution >= 0.6 is 0 Å². The summed E-state index contributed by atoms with van der Waals surface area (Å²) in [6, 6.07) is 0. The minimum absolute atomic E-state index is 0.143. The summed E-state index contributed by atoms with van der Waals surface area (Å²) in [7, 11) is 0. The molecule has 6 nitrogen and oxygen atoms in total. The number of aliphatic hydroxyl groups is 1. The number of nitrogens with one attached hydrogen (secondary N) is 1. The van der Waals surface area contributed by atoms with Crippen LogP contribution < -0.4 is 0 Å². The van der Waals surface area contributed by atoms with Crippen LogP contribution in [0.3, 0.4) is 0 Å². The topological polar surface area (TPSA) is 82.1 Å². The lowest BCUT2D eigenvalue weighted by Gasteiger charge is -2.28. The Balaban J connectivity index is 1.98. The first-order valence-corrected chi connectivity index (χ1v) is 6.09. The molecule has 1 aromatic heterocycles. The van der Waals surface area contributed by atoms with E-state index in [4.69, 9.17) is 0 Å². The fourth-order valence-electron chi connectivity index (χ4n) is 1.95. The van der Waals surface area contributed by atoms with Gasteiger partial charge in [0.05, 0.1) is 6.10 Å². The predicted octanol–water partition coefficient (Wildman–Crippen LogP) is 0.354. The number of hydrogen-bond donors (Lipinski definition) is 2. The van der Waals surface area contributed by atoms with Crippen molar-refractivity contribution >= 4 is 5.91 Å². The first kappa shape index (κ1) is 12.0. The summed E-state index contributed by atoms with van der Waals surface area (Å²) in [5.41, 5.74) is 0. The molecular formula is C11H18N4O2. The van der Waals surface area contributed by atoms with Crippen LogP contribution in [-0.4, -0.2) is 50.3 Å². The lowest BCUT2D eigenvalue weighted by molar-refractivity contribution is 0.0536. The molecule has 1 saturated heterocycles. The SMILES string of the molecule is CCCc1nc(C(=O)N2CCC(O)CC2)n[nH]1. The molecule has 6 heteroatoms. The maximum absolute atomic E-state index is 12.0. The Hall–Kier alpha value is -1.43. The van der Waals surface area contributed by atoms with Crippen molar-refractivity contribution in [2.24, 2.45) is 0 Å². The van der Waals surface area contributed by atoms with Crippen molar-refractivity contribution in [1.82, 2.24) is 20.1 Å². The second-order valence-corrected chi connectivity index (χ2v) is 4.38. The largest absolute Gasteiger partial charge is 0.393 e. The molecule has 2 heterocycles. The third-order valence-electron chi connectivity index (χ3n) is 2.96. The maximum Gasteiger partial charge on any atom is 0.293 e. The van der Waals surface area contributed by atoms with Gasteiger partial charge in [0, 0.05) is 19.5 Å². The van der Waals surface area contributed by atoms with Crippen LogP contribution in [0, 0.1) is 0 Å². The van der Waals surface area contributed by atoms with Gasteiger partial charge in [-0.3, -0.25) is 9.89 Å². The molecule has 0 saturated carbocycles. The molecular weight excluding hydrogens is 220 g/mol. The summed E-state index contributed by atoms with van der Waals surface area (Å²) in [6.45, 7) is 3.21. The number of aromatic amines is 1. The van der Waals surface area contributed by atoms with E-state index in [1.165, 1.54) is 0 Å². The van der Waals surface area contributed by atoms with Gasteiger partial charge in [0.25, 0.3) is 5.91 Å². The molecule has 94 valence electrons. The van der Waals surface area contributed by atoms with E-state index in [1.54, 1.807) is 4.90 Å². The average molecular weight is 238 g/mol. The van der Waals surface area contributed by atoms with Crippen LogP contribution in [0.4, 0.5) is 0 Å². The highest BCUT2D eigenvalue weighted by molar-refractivity contribution is 5.90. The van der Waals surface area contributed by atoms with Crippen LogP contribution in [0.5, 0.6) is 0 Å². The molecule has 1 aliphatic rings. The minimum Gasteiger partial charge on any atom is -0.393 e. The third-order valence-corrected chi connectivity index (χ3v) is 2.96. The van der Waals surface area contributed by atoms with Gasteiger partial charge in [-0.05, 0) is 19.3 Å². The molecule has 1 amide bonds. The molecule has 0 bridgehead atoms. The van der Waals surface area contributed by atoms with E-state index in [0.717, 1.165) is 18.7 Å². The number of nitrogens with zero attached hydrogens (tertiary/aromatic N) is 3. The van der Waals surface area contributed by atoms with Crippen molar-refractivity contribution in [2.75, 3.05) is 13.1 Å². The minimum atomic E-state index is -0.276. The summed E-state index contributed by atoms with van der Waals surface area (Å²) in [5, 5.41) is 16.1. The monoisotopic (exact) mass is 238 g/mol. The number of amides is 1. The highest BCUT2D eigenvalue weighted by atomic mass is 16.3. The molecule has 1 aromatic rings. The van der Waals surface area contributed by atoms with Gasteiger partial charge < -0.3 is 10.0 Å². The molecule has 17 heavy (non-hydrogen) atoms. The molecule has 0 spiro atoms. The molecule has 0 atom stereocenters. The van der Waals surface area contributed by atoms with E-state index in [0.29, 0.717) is 25.9 Å². The lowest BCUT2D eigenvalue weighted by atomic mass is 10.1. The second kappa shape index (κ2) is 5.27. The van der Waals surface area contributed by atoms with E-state index in [9.17, 15) is 9.90 Å². The van der Waals surface area contributed by atoms with Crippen molar-refractivity contribution in [1.29, 1.82) is 0 Å². The number of carbonyl (C=O) groups is 1. The van der Waals surface area contributed by atoms with Crippen LogP contribution in [0.15, 0.2) is 0 Å². The Bertz CT molecular complexity index is 383. The van der Waals surface area contributed by atoms with E-state index < -0.39 is 0 Å².